The van der Waals surface area contributed by atoms with Gasteiger partial charge in [0.25, 0.3) is 0 Å². The first-order valence-electron chi connectivity index (χ1n) is 9.28. The Morgan fingerprint density at radius 1 is 1.00 bits per heavy atom. The minimum atomic E-state index is -0.770. The Morgan fingerprint density at radius 2 is 1.48 bits per heavy atom. The van der Waals surface area contributed by atoms with Crippen molar-refractivity contribution in [2.24, 2.45) is 16.7 Å². The molecule has 0 saturated carbocycles. The van der Waals surface area contributed by atoms with Crippen LogP contribution in [0.5, 0.6) is 0 Å². The van der Waals surface area contributed by atoms with Crippen LogP contribution in [-0.4, -0.2) is 51.0 Å². The maximum Gasteiger partial charge on any atom is 0.236 e. The van der Waals surface area contributed by atoms with E-state index in [0.717, 1.165) is 0 Å². The Bertz CT molecular complexity index is 563. The summed E-state index contributed by atoms with van der Waals surface area (Å²) in [6.45, 7) is 14.7. The lowest BCUT2D eigenvalue weighted by Crippen LogP contribution is -2.45. The molecule has 0 fully saturated rings. The van der Waals surface area contributed by atoms with Gasteiger partial charge in [0.15, 0.2) is 0 Å². The third kappa shape index (κ3) is 7.87. The van der Waals surface area contributed by atoms with Gasteiger partial charge in [-0.3, -0.25) is 17.5 Å². The van der Waals surface area contributed by atoms with Gasteiger partial charge >= 0.3 is 0 Å². The van der Waals surface area contributed by atoms with E-state index in [4.69, 9.17) is 0 Å². The molecule has 0 aliphatic carbocycles. The molecule has 156 valence electrons. The number of carbonyl (C=O) groups is 4. The fourth-order valence-electron chi connectivity index (χ4n) is 2.51. The van der Waals surface area contributed by atoms with Gasteiger partial charge in [0.05, 0.1) is 28.9 Å². The number of rotatable bonds is 8. The Balaban J connectivity index is 5.02. The highest BCUT2D eigenvalue weighted by molar-refractivity contribution is 14.1. The number of Topliss-reactive ketones (excluding diaryl/α,β-unsaturated/α-hetero) is 1. The number of nitrogens with zero attached hydrogens (tertiary/aromatic N) is 2. The summed E-state index contributed by atoms with van der Waals surface area (Å²) in [5.41, 5.74) is -1.05. The largest absolute Gasteiger partial charge is 0.335 e. The molecule has 0 aromatic rings. The van der Waals surface area contributed by atoms with E-state index < -0.39 is 16.9 Å². The van der Waals surface area contributed by atoms with E-state index in [1.54, 1.807) is 37.9 Å². The lowest BCUT2D eigenvalue weighted by molar-refractivity contribution is -0.141. The number of amides is 2. The SMILES string of the molecule is CC(CC(C)N(I)C(=O)C(C)(C)C)C(=O)N(C)[C@H](C=O)CC(=O)C(C)(C)C. The number of likely N-dealkylation sites (N-methyl/N-ethyl adjacent to an activating group) is 1. The van der Waals surface area contributed by atoms with Gasteiger partial charge in [-0.05, 0) is 13.3 Å². The highest BCUT2D eigenvalue weighted by Gasteiger charge is 2.33. The molecular weight excluding hydrogens is 459 g/mol. The number of aldehydes is 1. The van der Waals surface area contributed by atoms with Crippen molar-refractivity contribution in [1.82, 2.24) is 8.01 Å². The molecule has 0 radical (unpaired) electrons. The average molecular weight is 494 g/mol. The summed E-state index contributed by atoms with van der Waals surface area (Å²) >= 11 is 2.00. The molecule has 0 aromatic carbocycles. The van der Waals surface area contributed by atoms with Crippen LogP contribution >= 0.6 is 22.9 Å². The Morgan fingerprint density at radius 3 is 1.85 bits per heavy atom. The van der Waals surface area contributed by atoms with Crippen molar-refractivity contribution < 1.29 is 19.2 Å². The number of hydrogen-bond donors (Lipinski definition) is 0. The van der Waals surface area contributed by atoms with Crippen molar-refractivity contribution in [3.63, 3.8) is 0 Å². The van der Waals surface area contributed by atoms with Gasteiger partial charge in [-0.1, -0.05) is 48.5 Å². The molecule has 0 saturated heterocycles. The summed E-state index contributed by atoms with van der Waals surface area (Å²) < 4.78 is 1.64. The molecule has 6 nitrogen and oxygen atoms in total. The van der Waals surface area contributed by atoms with Crippen LogP contribution < -0.4 is 0 Å². The van der Waals surface area contributed by atoms with Gasteiger partial charge in [-0.15, -0.1) is 0 Å². The first-order chi connectivity index (χ1) is 12.0. The fourth-order valence-corrected chi connectivity index (χ4v) is 3.46. The molecule has 0 aliphatic rings. The maximum atomic E-state index is 12.7. The van der Waals surface area contributed by atoms with Gasteiger partial charge < -0.3 is 9.69 Å². The molecule has 0 rings (SSSR count). The second-order valence-corrected chi connectivity index (χ2v) is 10.4. The third-order valence-electron chi connectivity index (χ3n) is 4.57. The van der Waals surface area contributed by atoms with Gasteiger partial charge in [0.2, 0.25) is 11.8 Å². The summed E-state index contributed by atoms with van der Waals surface area (Å²) in [5, 5.41) is 0. The van der Waals surface area contributed by atoms with Crippen LogP contribution in [-0.2, 0) is 19.2 Å². The van der Waals surface area contributed by atoms with Crippen LogP contribution in [0.2, 0.25) is 0 Å². The van der Waals surface area contributed by atoms with Crippen LogP contribution in [0.25, 0.3) is 0 Å². The monoisotopic (exact) mass is 494 g/mol. The highest BCUT2D eigenvalue weighted by Crippen LogP contribution is 2.26. The molecule has 0 heterocycles. The van der Waals surface area contributed by atoms with E-state index in [0.29, 0.717) is 12.7 Å². The number of halogens is 1. The van der Waals surface area contributed by atoms with Gasteiger partial charge in [-0.2, -0.15) is 0 Å². The summed E-state index contributed by atoms with van der Waals surface area (Å²) in [6.07, 6.45) is 1.15. The number of hydrogen-bond acceptors (Lipinski definition) is 4. The first kappa shape index (κ1) is 26.0. The predicted molar refractivity (Wildman–Crippen MR) is 115 cm³/mol. The molecule has 0 aliphatic heterocycles. The van der Waals surface area contributed by atoms with Crippen molar-refractivity contribution in [2.75, 3.05) is 7.05 Å². The van der Waals surface area contributed by atoms with E-state index in [-0.39, 0.29) is 36.0 Å². The van der Waals surface area contributed by atoms with Crippen LogP contribution in [0.15, 0.2) is 0 Å². The summed E-state index contributed by atoms with van der Waals surface area (Å²) in [7, 11) is 1.56. The molecule has 2 amide bonds. The van der Waals surface area contributed by atoms with Crippen LogP contribution in [0.1, 0.15) is 68.2 Å². The lowest BCUT2D eigenvalue weighted by atomic mass is 9.87. The van der Waals surface area contributed by atoms with E-state index in [9.17, 15) is 19.2 Å². The predicted octanol–water partition coefficient (Wildman–Crippen LogP) is 3.66. The third-order valence-corrected chi connectivity index (χ3v) is 5.96. The zero-order valence-corrected chi connectivity index (χ0v) is 20.3. The minimum Gasteiger partial charge on any atom is -0.335 e. The maximum absolute atomic E-state index is 12.7. The van der Waals surface area contributed by atoms with E-state index in [2.05, 4.69) is 0 Å². The fraction of sp³-hybridized carbons (Fsp3) is 0.800. The lowest BCUT2D eigenvalue weighted by Gasteiger charge is -2.32. The van der Waals surface area contributed by atoms with E-state index in [1.807, 2.05) is 50.6 Å². The smallest absolute Gasteiger partial charge is 0.236 e. The van der Waals surface area contributed by atoms with Gasteiger partial charge in [0, 0.05) is 36.3 Å². The minimum absolute atomic E-state index is 0.00476. The van der Waals surface area contributed by atoms with Crippen molar-refractivity contribution in [3.05, 3.63) is 0 Å². The standard InChI is InChI=1S/C20H35IN2O4/c1-13(10-14(2)23(21)18(27)20(6,7)8)17(26)22(9)15(12-24)11-16(25)19(3,4)5/h12-15H,10-11H2,1-9H3/t13?,14?,15-/m0/s1. The molecule has 7 heteroatoms. The quantitative estimate of drug-likeness (QED) is 0.293. The second-order valence-electron chi connectivity index (χ2n) is 9.38. The van der Waals surface area contributed by atoms with Crippen molar-refractivity contribution in [3.8, 4) is 0 Å². The van der Waals surface area contributed by atoms with Gasteiger partial charge in [0.1, 0.15) is 12.1 Å². The highest BCUT2D eigenvalue weighted by atomic mass is 127. The zero-order valence-electron chi connectivity index (χ0n) is 18.1. The summed E-state index contributed by atoms with van der Waals surface area (Å²) in [5.74, 6) is -0.629. The van der Waals surface area contributed by atoms with E-state index >= 15 is 0 Å². The number of carbonyl (C=O) groups excluding carboxylic acids is 4. The molecule has 0 spiro atoms. The second kappa shape index (κ2) is 9.98. The first-order valence-corrected chi connectivity index (χ1v) is 10.2. The van der Waals surface area contributed by atoms with Crippen molar-refractivity contribution in [1.29, 1.82) is 0 Å². The summed E-state index contributed by atoms with van der Waals surface area (Å²) in [4.78, 5) is 50.2. The molecule has 0 bridgehead atoms. The molecule has 0 aromatic heterocycles. The molecule has 2 unspecified atom stereocenters. The normalized spacial score (nSPS) is 15.5. The Hall–Kier alpha value is -0.990. The summed E-state index contributed by atoms with van der Waals surface area (Å²) in [6, 6.07) is -0.899. The Kier molecular flexibility index (Phi) is 9.61. The molecule has 27 heavy (non-hydrogen) atoms. The molecular formula is C20H35IN2O4. The van der Waals surface area contributed by atoms with Crippen LogP contribution in [0.4, 0.5) is 0 Å². The van der Waals surface area contributed by atoms with Crippen molar-refractivity contribution >= 4 is 46.7 Å². The zero-order chi connectivity index (χ0) is 21.7. The van der Waals surface area contributed by atoms with Crippen molar-refractivity contribution in [2.45, 2.75) is 80.3 Å². The molecule has 3 atom stereocenters. The topological polar surface area (TPSA) is 74.8 Å². The average Bonchev–Trinajstić information content (AvgIpc) is 2.54. The molecule has 0 N–H and O–H groups in total. The van der Waals surface area contributed by atoms with E-state index in [1.165, 1.54) is 4.90 Å². The Labute approximate surface area is 177 Å². The number of ketones is 1. The van der Waals surface area contributed by atoms with Gasteiger partial charge in [-0.25, -0.2) is 0 Å². The van der Waals surface area contributed by atoms with Crippen LogP contribution in [0, 0.1) is 16.7 Å². The van der Waals surface area contributed by atoms with Crippen LogP contribution in [0.3, 0.4) is 0 Å².